The topological polar surface area (TPSA) is 127 Å². The molecule has 0 unspecified atom stereocenters. The summed E-state index contributed by atoms with van der Waals surface area (Å²) in [6.07, 6.45) is 5.44. The number of hydrogen-bond donors (Lipinski definition) is 3. The first kappa shape index (κ1) is 18.0. The highest BCUT2D eigenvalue weighted by Crippen LogP contribution is 2.16. The van der Waals surface area contributed by atoms with Crippen molar-refractivity contribution in [2.75, 3.05) is 11.9 Å². The standard InChI is InChI=1S/C18H21N7O3/c26-16(21-13-6-5-12-9-20-22-14(12)8-13)10-19-17(27)11-25-18(28)24-7-3-1-2-4-15(24)23-25/h5-6,8-9H,1-4,7,10-11H2,(H,19,27)(H,20,22)(H,21,26). The lowest BCUT2D eigenvalue weighted by Gasteiger charge is -2.07. The van der Waals surface area contributed by atoms with E-state index < -0.39 is 5.91 Å². The number of anilines is 1. The minimum Gasteiger partial charge on any atom is -0.345 e. The Bertz CT molecular complexity index is 1080. The first-order chi connectivity index (χ1) is 13.6. The maximum Gasteiger partial charge on any atom is 0.346 e. The molecule has 0 fully saturated rings. The summed E-state index contributed by atoms with van der Waals surface area (Å²) < 4.78 is 2.80. The minimum absolute atomic E-state index is 0.192. The van der Waals surface area contributed by atoms with Gasteiger partial charge in [-0.25, -0.2) is 9.48 Å². The molecule has 0 saturated carbocycles. The number of aromatic nitrogens is 5. The molecule has 4 rings (SSSR count). The Labute approximate surface area is 159 Å². The average Bonchev–Trinajstić information content (AvgIpc) is 3.17. The van der Waals surface area contributed by atoms with E-state index in [1.54, 1.807) is 22.9 Å². The number of aryl methyl sites for hydroxylation is 1. The third-order valence-electron chi connectivity index (χ3n) is 4.75. The van der Waals surface area contributed by atoms with Crippen molar-refractivity contribution >= 4 is 28.4 Å². The molecular formula is C18H21N7O3. The third-order valence-corrected chi connectivity index (χ3v) is 4.75. The molecule has 0 atom stereocenters. The quantitative estimate of drug-likeness (QED) is 0.588. The summed E-state index contributed by atoms with van der Waals surface area (Å²) in [6, 6.07) is 5.36. The van der Waals surface area contributed by atoms with Gasteiger partial charge in [0.15, 0.2) is 0 Å². The van der Waals surface area contributed by atoms with Crippen LogP contribution in [0.2, 0.25) is 0 Å². The molecule has 0 saturated heterocycles. The number of nitrogens with one attached hydrogen (secondary N) is 3. The van der Waals surface area contributed by atoms with Gasteiger partial charge in [0.05, 0.1) is 18.3 Å². The molecule has 10 nitrogen and oxygen atoms in total. The van der Waals surface area contributed by atoms with E-state index in [4.69, 9.17) is 0 Å². The molecule has 1 aliphatic rings. The number of rotatable bonds is 5. The van der Waals surface area contributed by atoms with Gasteiger partial charge in [-0.15, -0.1) is 0 Å². The number of aromatic amines is 1. The lowest BCUT2D eigenvalue weighted by Crippen LogP contribution is -2.37. The van der Waals surface area contributed by atoms with Crippen LogP contribution in [0.25, 0.3) is 10.9 Å². The normalized spacial score (nSPS) is 13.7. The molecule has 0 spiro atoms. The van der Waals surface area contributed by atoms with Crippen molar-refractivity contribution in [3.8, 4) is 0 Å². The van der Waals surface area contributed by atoms with Gasteiger partial charge in [-0.1, -0.05) is 6.42 Å². The highest BCUT2D eigenvalue weighted by Gasteiger charge is 2.17. The Morgan fingerprint density at radius 1 is 1.18 bits per heavy atom. The van der Waals surface area contributed by atoms with Crippen molar-refractivity contribution in [2.45, 2.75) is 38.8 Å². The second kappa shape index (κ2) is 7.67. The summed E-state index contributed by atoms with van der Waals surface area (Å²) in [6.45, 7) is 0.243. The SMILES string of the molecule is O=C(Cn1nc2n(c1=O)CCCCC2)NCC(=O)Nc1ccc2cn[nH]c2c1. The van der Waals surface area contributed by atoms with E-state index in [1.807, 2.05) is 6.07 Å². The largest absolute Gasteiger partial charge is 0.346 e. The molecule has 2 amide bonds. The van der Waals surface area contributed by atoms with E-state index in [9.17, 15) is 14.4 Å². The Morgan fingerprint density at radius 3 is 2.96 bits per heavy atom. The maximum absolute atomic E-state index is 12.4. The first-order valence-corrected chi connectivity index (χ1v) is 9.26. The van der Waals surface area contributed by atoms with Crippen LogP contribution in [0.4, 0.5) is 5.69 Å². The number of carbonyl (C=O) groups is 2. The molecule has 1 aromatic carbocycles. The predicted molar refractivity (Wildman–Crippen MR) is 102 cm³/mol. The summed E-state index contributed by atoms with van der Waals surface area (Å²) in [5.41, 5.74) is 1.13. The first-order valence-electron chi connectivity index (χ1n) is 9.26. The van der Waals surface area contributed by atoms with E-state index in [0.717, 1.165) is 42.4 Å². The number of amides is 2. The van der Waals surface area contributed by atoms with Crippen LogP contribution in [0.3, 0.4) is 0 Å². The van der Waals surface area contributed by atoms with Crippen molar-refractivity contribution in [3.05, 3.63) is 40.7 Å². The molecule has 146 valence electrons. The number of nitrogens with zero attached hydrogens (tertiary/aromatic N) is 4. The lowest BCUT2D eigenvalue weighted by molar-refractivity contribution is -0.124. The van der Waals surface area contributed by atoms with E-state index in [-0.39, 0.29) is 24.7 Å². The highest BCUT2D eigenvalue weighted by atomic mass is 16.2. The van der Waals surface area contributed by atoms with Gasteiger partial charge in [0.25, 0.3) is 0 Å². The van der Waals surface area contributed by atoms with Gasteiger partial charge in [0, 0.05) is 24.0 Å². The molecule has 2 aromatic heterocycles. The van der Waals surface area contributed by atoms with Crippen LogP contribution in [-0.2, 0) is 29.1 Å². The molecule has 3 heterocycles. The van der Waals surface area contributed by atoms with E-state index >= 15 is 0 Å². The average molecular weight is 383 g/mol. The molecule has 3 N–H and O–H groups in total. The summed E-state index contributed by atoms with van der Waals surface area (Å²) >= 11 is 0. The number of benzene rings is 1. The lowest BCUT2D eigenvalue weighted by atomic mass is 10.2. The summed E-state index contributed by atoms with van der Waals surface area (Å²) in [5, 5.41) is 17.2. The van der Waals surface area contributed by atoms with Crippen LogP contribution in [0.5, 0.6) is 0 Å². The third kappa shape index (κ3) is 3.80. The van der Waals surface area contributed by atoms with Crippen LogP contribution in [-0.4, -0.2) is 42.9 Å². The second-order valence-corrected chi connectivity index (χ2v) is 6.82. The highest BCUT2D eigenvalue weighted by molar-refractivity contribution is 5.96. The Morgan fingerprint density at radius 2 is 2.07 bits per heavy atom. The fourth-order valence-electron chi connectivity index (χ4n) is 3.32. The Balaban J connectivity index is 1.31. The Hall–Kier alpha value is -3.43. The second-order valence-electron chi connectivity index (χ2n) is 6.82. The van der Waals surface area contributed by atoms with Crippen molar-refractivity contribution in [2.24, 2.45) is 0 Å². The smallest absolute Gasteiger partial charge is 0.345 e. The molecule has 28 heavy (non-hydrogen) atoms. The summed E-state index contributed by atoms with van der Waals surface area (Å²) in [5.74, 6) is -0.0723. The van der Waals surface area contributed by atoms with Gasteiger partial charge < -0.3 is 10.6 Å². The summed E-state index contributed by atoms with van der Waals surface area (Å²) in [4.78, 5) is 36.6. The van der Waals surface area contributed by atoms with Gasteiger partial charge in [-0.2, -0.15) is 10.2 Å². The number of fused-ring (bicyclic) bond motifs is 2. The van der Waals surface area contributed by atoms with E-state index in [0.29, 0.717) is 12.2 Å². The fourth-order valence-corrected chi connectivity index (χ4v) is 3.32. The minimum atomic E-state index is -0.436. The molecule has 10 heteroatoms. The zero-order valence-corrected chi connectivity index (χ0v) is 15.3. The summed E-state index contributed by atoms with van der Waals surface area (Å²) in [7, 11) is 0. The molecule has 0 aliphatic carbocycles. The van der Waals surface area contributed by atoms with Gasteiger partial charge in [-0.3, -0.25) is 19.3 Å². The molecule has 0 radical (unpaired) electrons. The zero-order valence-electron chi connectivity index (χ0n) is 15.3. The number of carbonyl (C=O) groups excluding carboxylic acids is 2. The molecule has 0 bridgehead atoms. The van der Waals surface area contributed by atoms with E-state index in [1.165, 1.54) is 4.68 Å². The van der Waals surface area contributed by atoms with Gasteiger partial charge >= 0.3 is 5.69 Å². The van der Waals surface area contributed by atoms with Crippen molar-refractivity contribution in [1.82, 2.24) is 29.9 Å². The number of H-pyrrole nitrogens is 1. The van der Waals surface area contributed by atoms with E-state index in [2.05, 4.69) is 25.9 Å². The zero-order chi connectivity index (χ0) is 19.5. The van der Waals surface area contributed by atoms with Crippen LogP contribution >= 0.6 is 0 Å². The van der Waals surface area contributed by atoms with Gasteiger partial charge in [-0.05, 0) is 31.0 Å². The monoisotopic (exact) mass is 383 g/mol. The van der Waals surface area contributed by atoms with Crippen molar-refractivity contribution in [1.29, 1.82) is 0 Å². The Kier molecular flexibility index (Phi) is 4.92. The van der Waals surface area contributed by atoms with Gasteiger partial charge in [0.2, 0.25) is 11.8 Å². The van der Waals surface area contributed by atoms with Crippen LogP contribution < -0.4 is 16.3 Å². The van der Waals surface area contributed by atoms with Crippen LogP contribution in [0.15, 0.2) is 29.2 Å². The predicted octanol–water partition coefficient (Wildman–Crippen LogP) is 0.402. The molecular weight excluding hydrogens is 362 g/mol. The maximum atomic E-state index is 12.4. The molecule has 1 aliphatic heterocycles. The molecule has 3 aromatic rings. The fraction of sp³-hybridized carbons (Fsp3) is 0.389. The van der Waals surface area contributed by atoms with Crippen molar-refractivity contribution < 1.29 is 9.59 Å². The van der Waals surface area contributed by atoms with Crippen molar-refractivity contribution in [3.63, 3.8) is 0 Å². The van der Waals surface area contributed by atoms with Gasteiger partial charge in [0.1, 0.15) is 12.4 Å². The van der Waals surface area contributed by atoms with Crippen LogP contribution in [0, 0.1) is 0 Å². The number of hydrogen-bond acceptors (Lipinski definition) is 5. The van der Waals surface area contributed by atoms with Crippen LogP contribution in [0.1, 0.15) is 25.1 Å².